The van der Waals surface area contributed by atoms with Crippen LogP contribution in [-0.2, 0) is 9.57 Å². The van der Waals surface area contributed by atoms with Crippen LogP contribution >= 0.6 is 0 Å². The molecule has 0 heterocycles. The SMILES string of the molecule is COC(=O)ONC1CCCCC1. The van der Waals surface area contributed by atoms with Crippen molar-refractivity contribution >= 4 is 6.16 Å². The van der Waals surface area contributed by atoms with Crippen molar-refractivity contribution in [3.63, 3.8) is 0 Å². The van der Waals surface area contributed by atoms with Gasteiger partial charge in [-0.3, -0.25) is 0 Å². The van der Waals surface area contributed by atoms with E-state index in [9.17, 15) is 4.79 Å². The summed E-state index contributed by atoms with van der Waals surface area (Å²) in [6, 6.07) is 0.317. The van der Waals surface area contributed by atoms with Gasteiger partial charge in [-0.2, -0.15) is 0 Å². The molecule has 0 spiro atoms. The molecule has 70 valence electrons. The van der Waals surface area contributed by atoms with Gasteiger partial charge in [0.05, 0.1) is 7.11 Å². The molecule has 0 atom stereocenters. The lowest BCUT2D eigenvalue weighted by molar-refractivity contribution is 0.00943. The zero-order chi connectivity index (χ0) is 8.81. The lowest BCUT2D eigenvalue weighted by Gasteiger charge is -2.21. The molecule has 0 aromatic rings. The van der Waals surface area contributed by atoms with Crippen LogP contribution in [0.5, 0.6) is 0 Å². The van der Waals surface area contributed by atoms with E-state index in [1.165, 1.54) is 26.4 Å². The van der Waals surface area contributed by atoms with E-state index in [0.29, 0.717) is 6.04 Å². The highest BCUT2D eigenvalue weighted by molar-refractivity contribution is 5.59. The zero-order valence-corrected chi connectivity index (χ0v) is 7.34. The van der Waals surface area contributed by atoms with Crippen LogP contribution in [0, 0.1) is 0 Å². The lowest BCUT2D eigenvalue weighted by Crippen LogP contribution is -2.33. The first-order valence-electron chi connectivity index (χ1n) is 4.33. The molecule has 0 aliphatic heterocycles. The van der Waals surface area contributed by atoms with Crippen LogP contribution in [0.15, 0.2) is 0 Å². The summed E-state index contributed by atoms with van der Waals surface area (Å²) in [7, 11) is 1.30. The van der Waals surface area contributed by atoms with Crippen molar-refractivity contribution in [2.45, 2.75) is 38.1 Å². The topological polar surface area (TPSA) is 47.6 Å². The molecule has 0 saturated heterocycles. The summed E-state index contributed by atoms with van der Waals surface area (Å²) >= 11 is 0. The third kappa shape index (κ3) is 3.09. The molecule has 1 aliphatic rings. The Morgan fingerprint density at radius 1 is 1.33 bits per heavy atom. The van der Waals surface area contributed by atoms with E-state index in [-0.39, 0.29) is 0 Å². The maximum Gasteiger partial charge on any atom is 0.527 e. The summed E-state index contributed by atoms with van der Waals surface area (Å²) in [5, 5.41) is 0. The highest BCUT2D eigenvalue weighted by Gasteiger charge is 2.14. The Balaban J connectivity index is 2.09. The van der Waals surface area contributed by atoms with E-state index in [1.807, 2.05) is 0 Å². The third-order valence-corrected chi connectivity index (χ3v) is 2.08. The molecule has 0 unspecified atom stereocenters. The Morgan fingerprint density at radius 2 is 2.00 bits per heavy atom. The average molecular weight is 173 g/mol. The van der Waals surface area contributed by atoms with Gasteiger partial charge < -0.3 is 9.57 Å². The smallest absolute Gasteiger partial charge is 0.436 e. The summed E-state index contributed by atoms with van der Waals surface area (Å²) in [4.78, 5) is 15.2. The molecule has 0 amide bonds. The largest absolute Gasteiger partial charge is 0.527 e. The highest BCUT2D eigenvalue weighted by atomic mass is 16.8. The number of nitrogens with one attached hydrogen (secondary N) is 1. The zero-order valence-electron chi connectivity index (χ0n) is 7.34. The highest BCUT2D eigenvalue weighted by Crippen LogP contribution is 2.17. The number of hydrogen-bond acceptors (Lipinski definition) is 4. The number of carbonyl (C=O) groups excluding carboxylic acids is 1. The number of carbonyl (C=O) groups is 1. The molecular formula is C8H15NO3. The molecule has 0 aromatic heterocycles. The van der Waals surface area contributed by atoms with E-state index in [2.05, 4.69) is 15.1 Å². The molecule has 1 rings (SSSR count). The molecule has 1 aliphatic carbocycles. The fourth-order valence-electron chi connectivity index (χ4n) is 1.39. The Bertz CT molecular complexity index is 143. The van der Waals surface area contributed by atoms with Crippen LogP contribution in [0.2, 0.25) is 0 Å². The first kappa shape index (κ1) is 9.32. The van der Waals surface area contributed by atoms with Gasteiger partial charge in [0.15, 0.2) is 0 Å². The monoisotopic (exact) mass is 173 g/mol. The molecule has 1 fully saturated rings. The van der Waals surface area contributed by atoms with Crippen LogP contribution < -0.4 is 5.48 Å². The lowest BCUT2D eigenvalue weighted by atomic mass is 9.96. The minimum atomic E-state index is -0.666. The maximum atomic E-state index is 10.5. The van der Waals surface area contributed by atoms with Crippen molar-refractivity contribution < 1.29 is 14.4 Å². The van der Waals surface area contributed by atoms with Gasteiger partial charge in [0.2, 0.25) is 0 Å². The fraction of sp³-hybridized carbons (Fsp3) is 0.875. The minimum Gasteiger partial charge on any atom is -0.436 e. The van der Waals surface area contributed by atoms with Crippen molar-refractivity contribution in [2.75, 3.05) is 7.11 Å². The number of hydrogen-bond donors (Lipinski definition) is 1. The van der Waals surface area contributed by atoms with Gasteiger partial charge in [0, 0.05) is 6.04 Å². The van der Waals surface area contributed by atoms with Gasteiger partial charge in [-0.25, -0.2) is 4.79 Å². The molecule has 4 heteroatoms. The fourth-order valence-corrected chi connectivity index (χ4v) is 1.39. The van der Waals surface area contributed by atoms with Crippen LogP contribution in [0.1, 0.15) is 32.1 Å². The Labute approximate surface area is 72.2 Å². The quantitative estimate of drug-likeness (QED) is 0.509. The average Bonchev–Trinajstić information content (AvgIpc) is 2.16. The van der Waals surface area contributed by atoms with Crippen molar-refractivity contribution in [3.05, 3.63) is 0 Å². The second-order valence-electron chi connectivity index (χ2n) is 3.01. The second kappa shape index (κ2) is 4.98. The third-order valence-electron chi connectivity index (χ3n) is 2.08. The van der Waals surface area contributed by atoms with Gasteiger partial charge in [0.1, 0.15) is 0 Å². The molecule has 1 saturated carbocycles. The van der Waals surface area contributed by atoms with E-state index >= 15 is 0 Å². The minimum absolute atomic E-state index is 0.317. The van der Waals surface area contributed by atoms with E-state index in [1.54, 1.807) is 0 Å². The van der Waals surface area contributed by atoms with Gasteiger partial charge in [-0.1, -0.05) is 19.3 Å². The van der Waals surface area contributed by atoms with Gasteiger partial charge in [-0.15, -0.1) is 5.48 Å². The molecular weight excluding hydrogens is 158 g/mol. The van der Waals surface area contributed by atoms with Crippen molar-refractivity contribution in [2.24, 2.45) is 0 Å². The Morgan fingerprint density at radius 3 is 2.58 bits per heavy atom. The summed E-state index contributed by atoms with van der Waals surface area (Å²) in [5.74, 6) is 0. The number of hydroxylamine groups is 1. The number of ether oxygens (including phenoxy) is 1. The second-order valence-corrected chi connectivity index (χ2v) is 3.01. The summed E-state index contributed by atoms with van der Waals surface area (Å²) in [5.41, 5.74) is 2.70. The summed E-state index contributed by atoms with van der Waals surface area (Å²) in [6.45, 7) is 0. The predicted molar refractivity (Wildman–Crippen MR) is 43.5 cm³/mol. The standard InChI is InChI=1S/C8H15NO3/c1-11-8(10)12-9-7-5-3-2-4-6-7/h7,9H,2-6H2,1H3. The summed E-state index contributed by atoms with van der Waals surface area (Å²) < 4.78 is 4.32. The first-order valence-corrected chi connectivity index (χ1v) is 4.33. The first-order chi connectivity index (χ1) is 5.83. The summed E-state index contributed by atoms with van der Waals surface area (Å²) in [6.07, 6.45) is 5.20. The molecule has 0 aromatic carbocycles. The predicted octanol–water partition coefficient (Wildman–Crippen LogP) is 1.61. The molecule has 4 nitrogen and oxygen atoms in total. The molecule has 12 heavy (non-hydrogen) atoms. The van der Waals surface area contributed by atoms with Crippen molar-refractivity contribution in [1.82, 2.24) is 5.48 Å². The molecule has 0 radical (unpaired) electrons. The number of rotatable bonds is 2. The van der Waals surface area contributed by atoms with Crippen molar-refractivity contribution in [3.8, 4) is 0 Å². The number of methoxy groups -OCH3 is 1. The van der Waals surface area contributed by atoms with E-state index < -0.39 is 6.16 Å². The van der Waals surface area contributed by atoms with Crippen molar-refractivity contribution in [1.29, 1.82) is 0 Å². The molecule has 0 bridgehead atoms. The normalized spacial score (nSPS) is 18.8. The van der Waals surface area contributed by atoms with Gasteiger partial charge >= 0.3 is 6.16 Å². The van der Waals surface area contributed by atoms with Crippen LogP contribution in [0.3, 0.4) is 0 Å². The van der Waals surface area contributed by atoms with E-state index in [4.69, 9.17) is 0 Å². The van der Waals surface area contributed by atoms with Crippen LogP contribution in [0.25, 0.3) is 0 Å². The van der Waals surface area contributed by atoms with E-state index in [0.717, 1.165) is 12.8 Å². The van der Waals surface area contributed by atoms with Gasteiger partial charge in [0.25, 0.3) is 0 Å². The maximum absolute atomic E-state index is 10.5. The van der Waals surface area contributed by atoms with Crippen LogP contribution in [0.4, 0.5) is 4.79 Å². The van der Waals surface area contributed by atoms with Crippen LogP contribution in [-0.4, -0.2) is 19.3 Å². The molecule has 1 N–H and O–H groups in total. The Hall–Kier alpha value is -0.770. The Kier molecular flexibility index (Phi) is 3.87. The van der Waals surface area contributed by atoms with Gasteiger partial charge in [-0.05, 0) is 12.8 Å².